The molecule has 2 aromatic carbocycles. The van der Waals surface area contributed by atoms with Crippen molar-refractivity contribution in [1.29, 1.82) is 0 Å². The van der Waals surface area contributed by atoms with Gasteiger partial charge in [0.05, 0.1) is 6.04 Å². The van der Waals surface area contributed by atoms with Crippen LogP contribution in [0.3, 0.4) is 0 Å². The molecule has 96 valence electrons. The zero-order chi connectivity index (χ0) is 12.8. The van der Waals surface area contributed by atoms with Crippen LogP contribution in [0, 0.1) is 6.92 Å². The normalized spacial score (nSPS) is 20.5. The minimum Gasteiger partial charge on any atom is -0.360 e. The summed E-state index contributed by atoms with van der Waals surface area (Å²) in [5.74, 6) is 0. The second kappa shape index (κ2) is 4.12. The molecule has 4 rings (SSSR count). The summed E-state index contributed by atoms with van der Waals surface area (Å²) in [5, 5.41) is 0. The topological polar surface area (TPSA) is 3.24 Å². The molecule has 0 fully saturated rings. The summed E-state index contributed by atoms with van der Waals surface area (Å²) in [6.07, 6.45) is 3.89. The predicted molar refractivity (Wildman–Crippen MR) is 79.5 cm³/mol. The summed E-state index contributed by atoms with van der Waals surface area (Å²) >= 11 is 0. The molecule has 19 heavy (non-hydrogen) atoms. The minimum absolute atomic E-state index is 0.614. The molecule has 0 spiro atoms. The van der Waals surface area contributed by atoms with Gasteiger partial charge < -0.3 is 4.90 Å². The van der Waals surface area contributed by atoms with E-state index in [1.165, 1.54) is 30.5 Å². The fraction of sp³-hybridized carbons (Fsp3) is 0.333. The van der Waals surface area contributed by atoms with Crippen molar-refractivity contribution in [3.05, 3.63) is 64.7 Å². The van der Waals surface area contributed by atoms with Crippen molar-refractivity contribution >= 4 is 5.69 Å². The Hall–Kier alpha value is -1.76. The van der Waals surface area contributed by atoms with E-state index in [0.29, 0.717) is 6.04 Å². The van der Waals surface area contributed by atoms with Gasteiger partial charge in [-0.2, -0.15) is 0 Å². The van der Waals surface area contributed by atoms with Crippen molar-refractivity contribution in [2.24, 2.45) is 0 Å². The number of anilines is 1. The van der Waals surface area contributed by atoms with Crippen LogP contribution >= 0.6 is 0 Å². The Bertz CT molecular complexity index is 612. The first kappa shape index (κ1) is 11.1. The third kappa shape index (κ3) is 1.68. The van der Waals surface area contributed by atoms with Crippen molar-refractivity contribution in [2.75, 3.05) is 4.90 Å². The Morgan fingerprint density at radius 3 is 2.63 bits per heavy atom. The molecule has 0 bridgehead atoms. The van der Waals surface area contributed by atoms with Crippen molar-refractivity contribution < 1.29 is 0 Å². The number of hydrogen-bond donors (Lipinski definition) is 0. The lowest BCUT2D eigenvalue weighted by Gasteiger charge is -2.31. The Kier molecular flexibility index (Phi) is 2.41. The first-order valence-electron chi connectivity index (χ1n) is 7.27. The maximum atomic E-state index is 2.59. The van der Waals surface area contributed by atoms with Gasteiger partial charge in [-0.05, 0) is 55.0 Å². The maximum Gasteiger partial charge on any atom is 0.0552 e. The quantitative estimate of drug-likeness (QED) is 0.724. The zero-order valence-corrected chi connectivity index (χ0v) is 11.4. The van der Waals surface area contributed by atoms with Gasteiger partial charge in [0.1, 0.15) is 0 Å². The van der Waals surface area contributed by atoms with Crippen LogP contribution in [0.25, 0.3) is 0 Å². The first-order chi connectivity index (χ1) is 9.33. The summed E-state index contributed by atoms with van der Waals surface area (Å²) in [5.41, 5.74) is 7.48. The second-order valence-electron chi connectivity index (χ2n) is 5.86. The van der Waals surface area contributed by atoms with Gasteiger partial charge in [0.25, 0.3) is 0 Å². The van der Waals surface area contributed by atoms with E-state index < -0.39 is 0 Å². The van der Waals surface area contributed by atoms with Gasteiger partial charge >= 0.3 is 0 Å². The molecule has 1 aliphatic carbocycles. The molecule has 1 unspecified atom stereocenters. The molecule has 1 heteroatoms. The third-order valence-corrected chi connectivity index (χ3v) is 4.63. The smallest absolute Gasteiger partial charge is 0.0552 e. The van der Waals surface area contributed by atoms with Crippen molar-refractivity contribution in [2.45, 2.75) is 38.8 Å². The van der Waals surface area contributed by atoms with E-state index in [1.807, 2.05) is 0 Å². The molecule has 1 aliphatic heterocycles. The number of aryl methyl sites for hydroxylation is 2. The zero-order valence-electron chi connectivity index (χ0n) is 11.4. The second-order valence-corrected chi connectivity index (χ2v) is 5.86. The summed E-state index contributed by atoms with van der Waals surface area (Å²) in [4.78, 5) is 2.59. The minimum atomic E-state index is 0.614. The molecule has 0 amide bonds. The average molecular weight is 249 g/mol. The van der Waals surface area contributed by atoms with Crippen molar-refractivity contribution in [3.8, 4) is 0 Å². The monoisotopic (exact) mass is 249 g/mol. The summed E-state index contributed by atoms with van der Waals surface area (Å²) < 4.78 is 0. The lowest BCUT2D eigenvalue weighted by atomic mass is 9.87. The molecular weight excluding hydrogens is 230 g/mol. The van der Waals surface area contributed by atoms with Gasteiger partial charge in [0, 0.05) is 12.2 Å². The van der Waals surface area contributed by atoms with Gasteiger partial charge in [-0.25, -0.2) is 0 Å². The molecule has 1 heterocycles. The summed E-state index contributed by atoms with van der Waals surface area (Å²) in [6, 6.07) is 16.5. The lowest BCUT2D eigenvalue weighted by Crippen LogP contribution is -2.23. The van der Waals surface area contributed by atoms with Gasteiger partial charge in [-0.3, -0.25) is 0 Å². The molecular formula is C18H19N. The van der Waals surface area contributed by atoms with E-state index in [1.54, 1.807) is 16.7 Å². The van der Waals surface area contributed by atoms with E-state index in [0.717, 1.165) is 6.54 Å². The van der Waals surface area contributed by atoms with E-state index in [4.69, 9.17) is 0 Å². The van der Waals surface area contributed by atoms with Crippen LogP contribution in [-0.2, 0) is 13.0 Å². The number of nitrogens with zero attached hydrogens (tertiary/aromatic N) is 1. The standard InChI is InChI=1S/C18H19N/c1-13-8-10-16(11-9-13)19-12-15-6-2-4-14-5-3-7-17(19)18(14)15/h2,4,6,8-11,17H,3,5,7,12H2,1H3. The number of hydrogen-bond acceptors (Lipinski definition) is 1. The summed E-state index contributed by atoms with van der Waals surface area (Å²) in [7, 11) is 0. The molecule has 2 aromatic rings. The highest BCUT2D eigenvalue weighted by Gasteiger charge is 2.33. The average Bonchev–Trinajstić information content (AvgIpc) is 2.82. The van der Waals surface area contributed by atoms with Gasteiger partial charge in [0.15, 0.2) is 0 Å². The first-order valence-corrected chi connectivity index (χ1v) is 7.27. The Morgan fingerprint density at radius 2 is 1.79 bits per heavy atom. The van der Waals surface area contributed by atoms with Gasteiger partial charge in [-0.15, -0.1) is 0 Å². The fourth-order valence-electron chi connectivity index (χ4n) is 3.69. The van der Waals surface area contributed by atoms with E-state index in [2.05, 4.69) is 54.3 Å². The van der Waals surface area contributed by atoms with Crippen LogP contribution in [0.5, 0.6) is 0 Å². The summed E-state index contributed by atoms with van der Waals surface area (Å²) in [6.45, 7) is 3.23. The molecule has 0 N–H and O–H groups in total. The van der Waals surface area contributed by atoms with Crippen LogP contribution in [-0.4, -0.2) is 0 Å². The molecule has 0 saturated carbocycles. The highest BCUT2D eigenvalue weighted by Crippen LogP contribution is 2.44. The van der Waals surface area contributed by atoms with Gasteiger partial charge in [0.2, 0.25) is 0 Å². The van der Waals surface area contributed by atoms with Crippen LogP contribution in [0.15, 0.2) is 42.5 Å². The van der Waals surface area contributed by atoms with Crippen LogP contribution in [0.1, 0.15) is 41.1 Å². The SMILES string of the molecule is Cc1ccc(N2Cc3cccc4c3C2CCC4)cc1. The largest absolute Gasteiger partial charge is 0.360 e. The molecule has 2 aliphatic rings. The van der Waals surface area contributed by atoms with Crippen LogP contribution < -0.4 is 4.90 Å². The van der Waals surface area contributed by atoms with Crippen LogP contribution in [0.2, 0.25) is 0 Å². The third-order valence-electron chi connectivity index (χ3n) is 4.63. The fourth-order valence-corrected chi connectivity index (χ4v) is 3.69. The highest BCUT2D eigenvalue weighted by atomic mass is 15.2. The van der Waals surface area contributed by atoms with Crippen molar-refractivity contribution in [1.82, 2.24) is 0 Å². The van der Waals surface area contributed by atoms with Gasteiger partial charge in [-0.1, -0.05) is 35.9 Å². The molecule has 1 nitrogen and oxygen atoms in total. The van der Waals surface area contributed by atoms with E-state index in [9.17, 15) is 0 Å². The molecule has 0 saturated heterocycles. The van der Waals surface area contributed by atoms with E-state index >= 15 is 0 Å². The van der Waals surface area contributed by atoms with E-state index in [-0.39, 0.29) is 0 Å². The van der Waals surface area contributed by atoms with Crippen LogP contribution in [0.4, 0.5) is 5.69 Å². The molecule has 0 radical (unpaired) electrons. The highest BCUT2D eigenvalue weighted by molar-refractivity contribution is 5.57. The molecule has 0 aromatic heterocycles. The molecule has 1 atom stereocenters. The Balaban J connectivity index is 1.78. The predicted octanol–water partition coefficient (Wildman–Crippen LogP) is 4.39. The Morgan fingerprint density at radius 1 is 1.00 bits per heavy atom. The van der Waals surface area contributed by atoms with Crippen molar-refractivity contribution in [3.63, 3.8) is 0 Å². The Labute approximate surface area is 114 Å². The maximum absolute atomic E-state index is 2.59. The number of benzene rings is 2. The number of rotatable bonds is 1. The lowest BCUT2D eigenvalue weighted by molar-refractivity contribution is 0.552.